The molecule has 1 aliphatic heterocycles. The number of carbonyl (C=O) groups excluding carboxylic acids is 1. The van der Waals surface area contributed by atoms with Crippen LogP contribution in [-0.2, 0) is 9.53 Å². The SMILES string of the molecule is C/C=C(C=O)\C(=N/C(C)N/C=C\C(=N)OCCC1(C(F)(F)F)CC1)N1CC(CCCOc2ccc(SNC)cc2)CC1(C)CC. The second-order valence-corrected chi connectivity index (χ2v) is 13.1. The number of halogens is 3. The lowest BCUT2D eigenvalue weighted by molar-refractivity contribution is -0.190. The molecule has 0 radical (unpaired) electrons. The van der Waals surface area contributed by atoms with E-state index in [2.05, 4.69) is 28.8 Å². The van der Waals surface area contributed by atoms with E-state index in [-0.39, 0.29) is 37.3 Å². The predicted octanol–water partition coefficient (Wildman–Crippen LogP) is 7.28. The maximum Gasteiger partial charge on any atom is 0.394 e. The number of ether oxygens (including phenoxy) is 2. The second kappa shape index (κ2) is 16.5. The van der Waals surface area contributed by atoms with Crippen molar-refractivity contribution in [1.29, 1.82) is 5.41 Å². The molecular formula is C33H48F3N5O3S. The minimum absolute atomic E-state index is 0.118. The summed E-state index contributed by atoms with van der Waals surface area (Å²) in [5, 5.41) is 11.0. The van der Waals surface area contributed by atoms with Gasteiger partial charge >= 0.3 is 6.18 Å². The Balaban J connectivity index is 1.56. The molecule has 1 aromatic rings. The van der Waals surface area contributed by atoms with Crippen molar-refractivity contribution in [3.63, 3.8) is 0 Å². The Morgan fingerprint density at radius 1 is 1.27 bits per heavy atom. The third-order valence-corrected chi connectivity index (χ3v) is 9.50. The molecule has 250 valence electrons. The summed E-state index contributed by atoms with van der Waals surface area (Å²) < 4.78 is 53.6. The number of aliphatic imine (C=N–C) groups is 1. The Morgan fingerprint density at radius 2 is 1.98 bits per heavy atom. The van der Waals surface area contributed by atoms with Gasteiger partial charge in [-0.25, -0.2) is 4.99 Å². The fourth-order valence-corrected chi connectivity index (χ4v) is 6.20. The van der Waals surface area contributed by atoms with E-state index in [9.17, 15) is 18.0 Å². The number of hydrogen-bond donors (Lipinski definition) is 3. The van der Waals surface area contributed by atoms with Crippen molar-refractivity contribution in [2.75, 3.05) is 26.8 Å². The Bertz CT molecular complexity index is 1220. The minimum atomic E-state index is -4.23. The van der Waals surface area contributed by atoms with Gasteiger partial charge < -0.3 is 19.7 Å². The van der Waals surface area contributed by atoms with Gasteiger partial charge in [0.05, 0.1) is 24.2 Å². The molecule has 3 rings (SSSR count). The molecule has 3 N–H and O–H groups in total. The van der Waals surface area contributed by atoms with Crippen LogP contribution in [0.3, 0.4) is 0 Å². The summed E-state index contributed by atoms with van der Waals surface area (Å²) in [7, 11) is 1.89. The van der Waals surface area contributed by atoms with Gasteiger partial charge in [0.25, 0.3) is 0 Å². The predicted molar refractivity (Wildman–Crippen MR) is 175 cm³/mol. The summed E-state index contributed by atoms with van der Waals surface area (Å²) in [6, 6.07) is 8.02. The second-order valence-electron chi connectivity index (χ2n) is 12.0. The van der Waals surface area contributed by atoms with Crippen LogP contribution in [0.4, 0.5) is 13.2 Å². The molecule has 0 bridgehead atoms. The smallest absolute Gasteiger partial charge is 0.394 e. The zero-order valence-electron chi connectivity index (χ0n) is 27.0. The molecule has 3 atom stereocenters. The molecule has 2 aliphatic rings. The van der Waals surface area contributed by atoms with Crippen molar-refractivity contribution >= 4 is 30.0 Å². The van der Waals surface area contributed by atoms with Crippen molar-refractivity contribution in [2.24, 2.45) is 16.3 Å². The van der Waals surface area contributed by atoms with E-state index in [1.54, 1.807) is 18.0 Å². The summed E-state index contributed by atoms with van der Waals surface area (Å²) in [4.78, 5) is 20.3. The van der Waals surface area contributed by atoms with Crippen molar-refractivity contribution < 1.29 is 27.4 Å². The third-order valence-electron chi connectivity index (χ3n) is 8.78. The lowest BCUT2D eigenvalue weighted by Crippen LogP contribution is -2.46. The molecule has 1 aromatic carbocycles. The number of likely N-dealkylation sites (tertiary alicyclic amines) is 1. The van der Waals surface area contributed by atoms with E-state index in [4.69, 9.17) is 19.9 Å². The third kappa shape index (κ3) is 10.3. The van der Waals surface area contributed by atoms with Gasteiger partial charge in [0.2, 0.25) is 5.90 Å². The summed E-state index contributed by atoms with van der Waals surface area (Å²) in [6.07, 6.45) is 4.63. The van der Waals surface area contributed by atoms with E-state index in [0.29, 0.717) is 23.9 Å². The average Bonchev–Trinajstić information content (AvgIpc) is 3.73. The summed E-state index contributed by atoms with van der Waals surface area (Å²) in [6.45, 7) is 9.25. The van der Waals surface area contributed by atoms with Crippen LogP contribution in [0.2, 0.25) is 0 Å². The normalized spacial score (nSPS) is 22.4. The van der Waals surface area contributed by atoms with Gasteiger partial charge in [-0.2, -0.15) is 13.2 Å². The zero-order chi connectivity index (χ0) is 33.1. The van der Waals surface area contributed by atoms with E-state index < -0.39 is 17.8 Å². The standard InChI is InChI=1S/C33H48F3N5O3S/c1-6-26(23-42)30(40-24(3)39-18-14-29(37)44-20-17-32(15-16-32)33(34,35)36)41-22-25(21-31(41,4)7-2)9-8-19-43-27-10-12-28(13-11-27)45-38-5/h6,10-14,18,23-25,37-39H,7-9,15-17,19-22H2,1-5H3/b18-14-,26-6-,37-29?,40-30+. The van der Waals surface area contributed by atoms with Crippen molar-refractivity contribution in [2.45, 2.75) is 95.4 Å². The minimum Gasteiger partial charge on any atom is -0.494 e. The maximum absolute atomic E-state index is 13.1. The number of benzene rings is 1. The van der Waals surface area contributed by atoms with Gasteiger partial charge in [0, 0.05) is 29.3 Å². The summed E-state index contributed by atoms with van der Waals surface area (Å²) in [5.41, 5.74) is -1.32. The van der Waals surface area contributed by atoms with Gasteiger partial charge in [0.15, 0.2) is 6.29 Å². The molecule has 0 amide bonds. The van der Waals surface area contributed by atoms with E-state index in [0.717, 1.165) is 49.2 Å². The Kier molecular flexibility index (Phi) is 13.4. The molecule has 0 aromatic heterocycles. The molecule has 12 heteroatoms. The maximum atomic E-state index is 13.1. The number of aldehydes is 1. The van der Waals surface area contributed by atoms with Crippen LogP contribution >= 0.6 is 11.9 Å². The molecule has 1 heterocycles. The monoisotopic (exact) mass is 651 g/mol. The van der Waals surface area contributed by atoms with E-state index in [1.807, 2.05) is 45.2 Å². The number of nitrogens with one attached hydrogen (secondary N) is 3. The fourth-order valence-electron chi connectivity index (χ4n) is 5.69. The fraction of sp³-hybridized carbons (Fsp3) is 0.606. The van der Waals surface area contributed by atoms with Crippen LogP contribution in [0.1, 0.15) is 72.6 Å². The highest BCUT2D eigenvalue weighted by Crippen LogP contribution is 2.59. The van der Waals surface area contributed by atoms with Gasteiger partial charge in [-0.15, -0.1) is 0 Å². The number of allylic oxidation sites excluding steroid dienone is 1. The molecule has 1 aliphatic carbocycles. The topological polar surface area (TPSA) is 99.0 Å². The number of carbonyl (C=O) groups is 1. The molecule has 2 fully saturated rings. The number of rotatable bonds is 17. The first-order valence-electron chi connectivity index (χ1n) is 15.6. The summed E-state index contributed by atoms with van der Waals surface area (Å²) in [5.74, 6) is 1.66. The highest BCUT2D eigenvalue weighted by molar-refractivity contribution is 7.97. The molecule has 8 nitrogen and oxygen atoms in total. The van der Waals surface area contributed by atoms with Crippen LogP contribution in [0.15, 0.2) is 58.1 Å². The van der Waals surface area contributed by atoms with Crippen molar-refractivity contribution in [1.82, 2.24) is 14.9 Å². The quantitative estimate of drug-likeness (QED) is 0.0407. The highest BCUT2D eigenvalue weighted by atomic mass is 32.2. The number of nitrogens with zero attached hydrogens (tertiary/aromatic N) is 2. The van der Waals surface area contributed by atoms with Crippen LogP contribution in [0, 0.1) is 16.7 Å². The van der Waals surface area contributed by atoms with Gasteiger partial charge in [-0.3, -0.25) is 14.9 Å². The largest absolute Gasteiger partial charge is 0.494 e. The Morgan fingerprint density at radius 3 is 2.56 bits per heavy atom. The van der Waals surface area contributed by atoms with Gasteiger partial charge in [0.1, 0.15) is 17.8 Å². The Hall–Kier alpha value is -2.99. The van der Waals surface area contributed by atoms with Gasteiger partial charge in [-0.05, 0) is 115 Å². The molecular weight excluding hydrogens is 603 g/mol. The molecule has 1 saturated carbocycles. The lowest BCUT2D eigenvalue weighted by atomic mass is 9.89. The van der Waals surface area contributed by atoms with Crippen LogP contribution < -0.4 is 14.8 Å². The number of alkyl halides is 3. The van der Waals surface area contributed by atoms with Gasteiger partial charge in [-0.1, -0.05) is 13.0 Å². The first-order chi connectivity index (χ1) is 21.4. The van der Waals surface area contributed by atoms with Crippen LogP contribution in [0.25, 0.3) is 0 Å². The number of hydrogen-bond acceptors (Lipinski definition) is 8. The van der Waals surface area contributed by atoms with Crippen molar-refractivity contribution in [3.8, 4) is 5.75 Å². The first kappa shape index (κ1) is 36.5. The highest BCUT2D eigenvalue weighted by Gasteiger charge is 2.62. The molecule has 0 spiro atoms. The van der Waals surface area contributed by atoms with Crippen molar-refractivity contribution in [3.05, 3.63) is 48.2 Å². The Labute approximate surface area is 269 Å². The molecule has 3 unspecified atom stereocenters. The zero-order valence-corrected chi connectivity index (χ0v) is 27.8. The summed E-state index contributed by atoms with van der Waals surface area (Å²) >= 11 is 1.56. The number of amidine groups is 1. The van der Waals surface area contributed by atoms with E-state index >= 15 is 0 Å². The molecule has 45 heavy (non-hydrogen) atoms. The van der Waals surface area contributed by atoms with Crippen LogP contribution in [-0.4, -0.2) is 67.6 Å². The lowest BCUT2D eigenvalue weighted by Gasteiger charge is -2.37. The first-order valence-corrected chi connectivity index (χ1v) is 16.5. The van der Waals surface area contributed by atoms with Crippen LogP contribution in [0.5, 0.6) is 5.75 Å². The van der Waals surface area contributed by atoms with E-state index in [1.165, 1.54) is 12.3 Å². The molecule has 1 saturated heterocycles. The average molecular weight is 652 g/mol.